The molecular formula is C10H19N. The summed E-state index contributed by atoms with van der Waals surface area (Å²) in [6, 6.07) is 0.727. The second kappa shape index (κ2) is 5.21. The molecule has 0 rings (SSSR count). The maximum absolute atomic E-state index is 5.24. The van der Waals surface area contributed by atoms with Gasteiger partial charge in [0, 0.05) is 6.04 Å². The van der Waals surface area contributed by atoms with E-state index in [2.05, 4.69) is 32.0 Å². The molecule has 0 saturated carbocycles. The van der Waals surface area contributed by atoms with Gasteiger partial charge >= 0.3 is 0 Å². The van der Waals surface area contributed by atoms with Crippen LogP contribution >= 0.6 is 0 Å². The lowest BCUT2D eigenvalue weighted by Crippen LogP contribution is -2.34. The third-order valence-corrected chi connectivity index (χ3v) is 1.61. The summed E-state index contributed by atoms with van der Waals surface area (Å²) in [4.78, 5) is 0. The number of hydrogen-bond acceptors (Lipinski definition) is 1. The summed E-state index contributed by atoms with van der Waals surface area (Å²) in [6.07, 6.45) is 6.43. The Bertz CT molecular complexity index is 132. The van der Waals surface area contributed by atoms with Crippen LogP contribution in [0.5, 0.6) is 0 Å². The van der Waals surface area contributed by atoms with Crippen molar-refractivity contribution in [3.63, 3.8) is 0 Å². The van der Waals surface area contributed by atoms with Crippen LogP contribution in [0.1, 0.15) is 34.1 Å². The summed E-state index contributed by atoms with van der Waals surface area (Å²) >= 11 is 0. The topological polar surface area (TPSA) is 12.0 Å². The maximum atomic E-state index is 5.24. The Balaban J connectivity index is 3.53. The highest BCUT2D eigenvalue weighted by Crippen LogP contribution is 2.03. The van der Waals surface area contributed by atoms with Crippen LogP contribution in [0.3, 0.4) is 0 Å². The van der Waals surface area contributed by atoms with Gasteiger partial charge in [0.1, 0.15) is 0 Å². The molecule has 0 saturated heterocycles. The van der Waals surface area contributed by atoms with E-state index in [-0.39, 0.29) is 6.04 Å². The molecule has 0 amide bonds. The average molecular weight is 153 g/mol. The molecule has 1 heteroatoms. The van der Waals surface area contributed by atoms with Crippen molar-refractivity contribution in [2.45, 2.75) is 46.2 Å². The highest BCUT2D eigenvalue weighted by Gasteiger charge is 2.05. The molecule has 0 aromatic rings. The Morgan fingerprint density at radius 2 is 1.82 bits per heavy atom. The smallest absolute Gasteiger partial charge is 0.0660 e. The van der Waals surface area contributed by atoms with Crippen molar-refractivity contribution in [1.82, 2.24) is 5.32 Å². The van der Waals surface area contributed by atoms with E-state index in [1.54, 1.807) is 0 Å². The molecule has 0 aromatic carbocycles. The van der Waals surface area contributed by atoms with Gasteiger partial charge in [-0.25, -0.2) is 0 Å². The standard InChI is InChI=1S/C10H19N/c1-6-9(4)11-10(5)7-8(2)3/h1,8-11H,7H2,2-5H3. The normalized spacial score (nSPS) is 16.0. The summed E-state index contributed by atoms with van der Waals surface area (Å²) in [6.45, 7) is 8.63. The van der Waals surface area contributed by atoms with Crippen molar-refractivity contribution >= 4 is 0 Å². The quantitative estimate of drug-likeness (QED) is 0.609. The van der Waals surface area contributed by atoms with E-state index in [0.717, 1.165) is 5.92 Å². The zero-order chi connectivity index (χ0) is 8.85. The Morgan fingerprint density at radius 1 is 1.27 bits per heavy atom. The highest BCUT2D eigenvalue weighted by atomic mass is 14.9. The lowest BCUT2D eigenvalue weighted by Gasteiger charge is -2.17. The van der Waals surface area contributed by atoms with E-state index in [0.29, 0.717) is 6.04 Å². The largest absolute Gasteiger partial charge is 0.301 e. The summed E-state index contributed by atoms with van der Waals surface area (Å²) in [5, 5.41) is 3.32. The molecule has 2 atom stereocenters. The van der Waals surface area contributed by atoms with Gasteiger partial charge in [0.25, 0.3) is 0 Å². The molecule has 0 aliphatic rings. The Labute approximate surface area is 70.6 Å². The van der Waals surface area contributed by atoms with Crippen molar-refractivity contribution in [3.8, 4) is 12.3 Å². The fourth-order valence-corrected chi connectivity index (χ4v) is 1.25. The first-order chi connectivity index (χ1) is 5.06. The molecule has 64 valence electrons. The summed E-state index contributed by atoms with van der Waals surface area (Å²) in [5.41, 5.74) is 0. The molecule has 0 aliphatic carbocycles. The van der Waals surface area contributed by atoms with E-state index < -0.39 is 0 Å². The third kappa shape index (κ3) is 5.94. The van der Waals surface area contributed by atoms with Gasteiger partial charge < -0.3 is 5.32 Å². The highest BCUT2D eigenvalue weighted by molar-refractivity contribution is 4.96. The van der Waals surface area contributed by atoms with E-state index in [9.17, 15) is 0 Å². The van der Waals surface area contributed by atoms with Gasteiger partial charge in [0.05, 0.1) is 6.04 Å². The van der Waals surface area contributed by atoms with Crippen LogP contribution < -0.4 is 5.32 Å². The van der Waals surface area contributed by atoms with Crippen LogP contribution in [-0.2, 0) is 0 Å². The minimum absolute atomic E-state index is 0.198. The Kier molecular flexibility index (Phi) is 4.98. The van der Waals surface area contributed by atoms with Gasteiger partial charge in [-0.3, -0.25) is 0 Å². The molecule has 11 heavy (non-hydrogen) atoms. The monoisotopic (exact) mass is 153 g/mol. The van der Waals surface area contributed by atoms with Gasteiger partial charge in [0.2, 0.25) is 0 Å². The minimum atomic E-state index is 0.198. The molecule has 0 bridgehead atoms. The number of rotatable bonds is 4. The number of terminal acetylenes is 1. The van der Waals surface area contributed by atoms with E-state index in [1.165, 1.54) is 6.42 Å². The zero-order valence-corrected chi connectivity index (χ0v) is 8.02. The summed E-state index contributed by atoms with van der Waals surface area (Å²) in [7, 11) is 0. The second-order valence-corrected chi connectivity index (χ2v) is 3.59. The molecule has 0 fully saturated rings. The lowest BCUT2D eigenvalue weighted by atomic mass is 10.0. The predicted octanol–water partition coefficient (Wildman–Crippen LogP) is 2.03. The fourth-order valence-electron chi connectivity index (χ4n) is 1.25. The Hall–Kier alpha value is -0.480. The van der Waals surface area contributed by atoms with E-state index in [4.69, 9.17) is 6.42 Å². The van der Waals surface area contributed by atoms with Crippen LogP contribution in [0.2, 0.25) is 0 Å². The van der Waals surface area contributed by atoms with Crippen molar-refractivity contribution in [1.29, 1.82) is 0 Å². The number of hydrogen-bond donors (Lipinski definition) is 1. The van der Waals surface area contributed by atoms with Crippen molar-refractivity contribution in [2.75, 3.05) is 0 Å². The molecule has 1 N–H and O–H groups in total. The molecule has 0 spiro atoms. The first-order valence-electron chi connectivity index (χ1n) is 4.28. The van der Waals surface area contributed by atoms with Gasteiger partial charge in [0.15, 0.2) is 0 Å². The molecule has 0 aromatic heterocycles. The van der Waals surface area contributed by atoms with Crippen LogP contribution in [0.15, 0.2) is 0 Å². The zero-order valence-electron chi connectivity index (χ0n) is 8.02. The van der Waals surface area contributed by atoms with Crippen LogP contribution in [0, 0.1) is 18.3 Å². The van der Waals surface area contributed by atoms with Crippen LogP contribution in [0.25, 0.3) is 0 Å². The Morgan fingerprint density at radius 3 is 2.18 bits per heavy atom. The van der Waals surface area contributed by atoms with Crippen LogP contribution in [0.4, 0.5) is 0 Å². The van der Waals surface area contributed by atoms with Crippen molar-refractivity contribution < 1.29 is 0 Å². The molecule has 0 radical (unpaired) electrons. The van der Waals surface area contributed by atoms with E-state index in [1.807, 2.05) is 6.92 Å². The van der Waals surface area contributed by atoms with Gasteiger partial charge in [-0.15, -0.1) is 6.42 Å². The molecule has 0 heterocycles. The molecular weight excluding hydrogens is 134 g/mol. The van der Waals surface area contributed by atoms with Gasteiger partial charge in [-0.1, -0.05) is 19.8 Å². The van der Waals surface area contributed by atoms with Gasteiger partial charge in [-0.2, -0.15) is 0 Å². The average Bonchev–Trinajstić information content (AvgIpc) is 1.85. The summed E-state index contributed by atoms with van der Waals surface area (Å²) < 4.78 is 0. The first-order valence-corrected chi connectivity index (χ1v) is 4.28. The SMILES string of the molecule is C#CC(C)NC(C)CC(C)C. The van der Waals surface area contributed by atoms with Crippen molar-refractivity contribution in [2.24, 2.45) is 5.92 Å². The minimum Gasteiger partial charge on any atom is -0.301 e. The van der Waals surface area contributed by atoms with Crippen LogP contribution in [-0.4, -0.2) is 12.1 Å². The maximum Gasteiger partial charge on any atom is 0.0660 e. The molecule has 0 aliphatic heterocycles. The number of nitrogens with one attached hydrogen (secondary N) is 1. The predicted molar refractivity (Wildman–Crippen MR) is 50.3 cm³/mol. The molecule has 2 unspecified atom stereocenters. The lowest BCUT2D eigenvalue weighted by molar-refractivity contribution is 0.431. The summed E-state index contributed by atoms with van der Waals surface area (Å²) in [5.74, 6) is 3.40. The van der Waals surface area contributed by atoms with Crippen molar-refractivity contribution in [3.05, 3.63) is 0 Å². The third-order valence-electron chi connectivity index (χ3n) is 1.61. The molecule has 1 nitrogen and oxygen atoms in total. The second-order valence-electron chi connectivity index (χ2n) is 3.59. The van der Waals surface area contributed by atoms with Gasteiger partial charge in [-0.05, 0) is 26.2 Å². The van der Waals surface area contributed by atoms with E-state index >= 15 is 0 Å². The first kappa shape index (κ1) is 10.5. The fraction of sp³-hybridized carbons (Fsp3) is 0.800.